The van der Waals surface area contributed by atoms with E-state index in [-0.39, 0.29) is 18.4 Å². The molecule has 0 saturated carbocycles. The van der Waals surface area contributed by atoms with Gasteiger partial charge in [0.15, 0.2) is 0 Å². The van der Waals surface area contributed by atoms with Crippen molar-refractivity contribution in [3.63, 3.8) is 0 Å². The molecule has 0 spiro atoms. The van der Waals surface area contributed by atoms with Crippen LogP contribution in [0.25, 0.3) is 0 Å². The van der Waals surface area contributed by atoms with Gasteiger partial charge in [-0.2, -0.15) is 0 Å². The molecule has 70 valence electrons. The number of esters is 1. The van der Waals surface area contributed by atoms with Crippen LogP contribution in [0, 0.1) is 0 Å². The largest absolute Gasteiger partial charge is 0.468 e. The summed E-state index contributed by atoms with van der Waals surface area (Å²) in [4.78, 5) is 23.2. The van der Waals surface area contributed by atoms with Crippen molar-refractivity contribution in [1.82, 2.24) is 4.90 Å². The predicted octanol–water partition coefficient (Wildman–Crippen LogP) is 0.418. The van der Waals surface area contributed by atoms with Crippen LogP contribution in [0.15, 0.2) is 0 Å². The number of hydrogen-bond acceptors (Lipinski definition) is 3. The number of nitrogens with zero attached hydrogens (tertiary/aromatic N) is 1. The van der Waals surface area contributed by atoms with E-state index >= 15 is 0 Å². The molecule has 0 heterocycles. The maximum Gasteiger partial charge on any atom is 0.325 e. The third-order valence-electron chi connectivity index (χ3n) is 1.48. The summed E-state index contributed by atoms with van der Waals surface area (Å²) in [6, 6.07) is 0. The highest BCUT2D eigenvalue weighted by Crippen LogP contribution is 1.94. The minimum absolute atomic E-state index is 0.0251. The van der Waals surface area contributed by atoms with Gasteiger partial charge in [0.05, 0.1) is 7.11 Å². The molecule has 1 amide bonds. The summed E-state index contributed by atoms with van der Waals surface area (Å²) in [7, 11) is 2.90. The molecular weight excluding hydrogens is 158 g/mol. The third kappa shape index (κ3) is 3.95. The van der Waals surface area contributed by atoms with Crippen molar-refractivity contribution >= 4 is 11.9 Å². The zero-order chi connectivity index (χ0) is 9.56. The number of carbonyl (C=O) groups excluding carboxylic acids is 2. The van der Waals surface area contributed by atoms with Gasteiger partial charge in [0.1, 0.15) is 6.54 Å². The van der Waals surface area contributed by atoms with Crippen LogP contribution in [-0.4, -0.2) is 37.5 Å². The highest BCUT2D eigenvalue weighted by molar-refractivity contribution is 5.81. The minimum Gasteiger partial charge on any atom is -0.468 e. The number of carbonyl (C=O) groups is 2. The SMILES string of the molecule is CCCC(=O)N(C)CC(=O)OC. The molecule has 0 aliphatic carbocycles. The highest BCUT2D eigenvalue weighted by atomic mass is 16.5. The van der Waals surface area contributed by atoms with Crippen molar-refractivity contribution in [3.8, 4) is 0 Å². The first kappa shape index (κ1) is 10.9. The molecule has 0 bridgehead atoms. The Bertz CT molecular complexity index is 168. The van der Waals surface area contributed by atoms with Gasteiger partial charge in [0, 0.05) is 13.5 Å². The van der Waals surface area contributed by atoms with Gasteiger partial charge < -0.3 is 9.64 Å². The monoisotopic (exact) mass is 173 g/mol. The first-order valence-corrected chi connectivity index (χ1v) is 3.92. The summed E-state index contributed by atoms with van der Waals surface area (Å²) >= 11 is 0. The van der Waals surface area contributed by atoms with Crippen LogP contribution in [-0.2, 0) is 14.3 Å². The molecule has 0 fully saturated rings. The number of amides is 1. The van der Waals surface area contributed by atoms with Gasteiger partial charge in [-0.25, -0.2) is 0 Å². The maximum absolute atomic E-state index is 11.1. The third-order valence-corrected chi connectivity index (χ3v) is 1.48. The Morgan fingerprint density at radius 1 is 1.42 bits per heavy atom. The van der Waals surface area contributed by atoms with Crippen molar-refractivity contribution < 1.29 is 14.3 Å². The van der Waals surface area contributed by atoms with Crippen molar-refractivity contribution in [3.05, 3.63) is 0 Å². The standard InChI is InChI=1S/C8H15NO3/c1-4-5-7(10)9(2)6-8(11)12-3/h4-6H2,1-3H3. The molecule has 0 rings (SSSR count). The van der Waals surface area contributed by atoms with Gasteiger partial charge in [-0.3, -0.25) is 9.59 Å². The Labute approximate surface area is 72.5 Å². The molecule has 0 aliphatic rings. The van der Waals surface area contributed by atoms with Crippen molar-refractivity contribution in [2.24, 2.45) is 0 Å². The van der Waals surface area contributed by atoms with E-state index in [0.717, 1.165) is 6.42 Å². The second kappa shape index (κ2) is 5.57. The van der Waals surface area contributed by atoms with Gasteiger partial charge >= 0.3 is 5.97 Å². The summed E-state index contributed by atoms with van der Waals surface area (Å²) in [5.41, 5.74) is 0. The molecule has 12 heavy (non-hydrogen) atoms. The summed E-state index contributed by atoms with van der Waals surface area (Å²) in [6.45, 7) is 1.96. The first-order valence-electron chi connectivity index (χ1n) is 3.92. The average molecular weight is 173 g/mol. The van der Waals surface area contributed by atoms with E-state index in [1.165, 1.54) is 12.0 Å². The molecule has 0 N–H and O–H groups in total. The van der Waals surface area contributed by atoms with Gasteiger partial charge in [0.2, 0.25) is 5.91 Å². The summed E-state index contributed by atoms with van der Waals surface area (Å²) in [5.74, 6) is -0.412. The average Bonchev–Trinajstić information content (AvgIpc) is 2.04. The van der Waals surface area contributed by atoms with E-state index in [1.54, 1.807) is 7.05 Å². The van der Waals surface area contributed by atoms with Crippen LogP contribution in [0.4, 0.5) is 0 Å². The van der Waals surface area contributed by atoms with E-state index in [0.29, 0.717) is 6.42 Å². The maximum atomic E-state index is 11.1. The van der Waals surface area contributed by atoms with Crippen LogP contribution in [0.1, 0.15) is 19.8 Å². The van der Waals surface area contributed by atoms with E-state index < -0.39 is 0 Å². The molecule has 0 saturated heterocycles. The smallest absolute Gasteiger partial charge is 0.325 e. The Morgan fingerprint density at radius 2 is 2.00 bits per heavy atom. The van der Waals surface area contributed by atoms with Crippen LogP contribution in [0.3, 0.4) is 0 Å². The lowest BCUT2D eigenvalue weighted by atomic mass is 10.3. The fraction of sp³-hybridized carbons (Fsp3) is 0.750. The van der Waals surface area contributed by atoms with Crippen LogP contribution >= 0.6 is 0 Å². The summed E-state index contributed by atoms with van der Waals surface area (Å²) < 4.78 is 4.42. The molecule has 0 aromatic rings. The molecule has 4 nitrogen and oxygen atoms in total. The molecule has 0 aliphatic heterocycles. The van der Waals surface area contributed by atoms with E-state index in [4.69, 9.17) is 0 Å². The minimum atomic E-state index is -0.387. The second-order valence-electron chi connectivity index (χ2n) is 2.58. The van der Waals surface area contributed by atoms with Crippen LogP contribution in [0.5, 0.6) is 0 Å². The Kier molecular flexibility index (Phi) is 5.08. The Hall–Kier alpha value is -1.06. The number of rotatable bonds is 4. The normalized spacial score (nSPS) is 9.25. The highest BCUT2D eigenvalue weighted by Gasteiger charge is 2.11. The predicted molar refractivity (Wildman–Crippen MR) is 44.6 cm³/mol. The molecule has 0 unspecified atom stereocenters. The van der Waals surface area contributed by atoms with Gasteiger partial charge in [-0.15, -0.1) is 0 Å². The van der Waals surface area contributed by atoms with Crippen LogP contribution in [0.2, 0.25) is 0 Å². The van der Waals surface area contributed by atoms with Gasteiger partial charge in [-0.1, -0.05) is 6.92 Å². The number of ether oxygens (including phenoxy) is 1. The lowest BCUT2D eigenvalue weighted by Gasteiger charge is -2.14. The second-order valence-corrected chi connectivity index (χ2v) is 2.58. The Balaban J connectivity index is 3.78. The number of hydrogen-bond donors (Lipinski definition) is 0. The van der Waals surface area contributed by atoms with E-state index in [1.807, 2.05) is 6.92 Å². The van der Waals surface area contributed by atoms with E-state index in [2.05, 4.69) is 4.74 Å². The van der Waals surface area contributed by atoms with Gasteiger partial charge in [-0.05, 0) is 6.42 Å². The molecule has 0 aromatic carbocycles. The molecule has 0 aromatic heterocycles. The molecule has 0 radical (unpaired) electrons. The molecule has 0 atom stereocenters. The topological polar surface area (TPSA) is 46.6 Å². The van der Waals surface area contributed by atoms with Crippen molar-refractivity contribution in [1.29, 1.82) is 0 Å². The van der Waals surface area contributed by atoms with E-state index in [9.17, 15) is 9.59 Å². The quantitative estimate of drug-likeness (QED) is 0.579. The summed E-state index contributed by atoms with van der Waals surface area (Å²) in [6.07, 6.45) is 1.28. The number of likely N-dealkylation sites (N-methyl/N-ethyl adjacent to an activating group) is 1. The number of methoxy groups -OCH3 is 1. The fourth-order valence-electron chi connectivity index (χ4n) is 0.751. The zero-order valence-corrected chi connectivity index (χ0v) is 7.79. The lowest BCUT2D eigenvalue weighted by molar-refractivity contribution is -0.146. The van der Waals surface area contributed by atoms with Crippen molar-refractivity contribution in [2.75, 3.05) is 20.7 Å². The molecule has 4 heteroatoms. The zero-order valence-electron chi connectivity index (χ0n) is 7.79. The lowest BCUT2D eigenvalue weighted by Crippen LogP contribution is -2.32. The van der Waals surface area contributed by atoms with Crippen molar-refractivity contribution in [2.45, 2.75) is 19.8 Å². The van der Waals surface area contributed by atoms with Crippen LogP contribution < -0.4 is 0 Å². The Morgan fingerprint density at radius 3 is 2.42 bits per heavy atom. The molecular formula is C8H15NO3. The van der Waals surface area contributed by atoms with Gasteiger partial charge in [0.25, 0.3) is 0 Å². The first-order chi connectivity index (χ1) is 5.61. The summed E-state index contributed by atoms with van der Waals surface area (Å²) in [5, 5.41) is 0. The fourth-order valence-corrected chi connectivity index (χ4v) is 0.751.